The minimum atomic E-state index is -0.984. The zero-order valence-corrected chi connectivity index (χ0v) is 15.3. The molecule has 22 heavy (non-hydrogen) atoms. The molecule has 0 N–H and O–H groups in total. The van der Waals surface area contributed by atoms with Crippen molar-refractivity contribution in [2.24, 2.45) is 5.92 Å². The van der Waals surface area contributed by atoms with E-state index in [0.29, 0.717) is 6.61 Å². The normalized spacial score (nSPS) is 13.1. The highest BCUT2D eigenvalue weighted by Crippen LogP contribution is 2.31. The minimum absolute atomic E-state index is 0.137. The van der Waals surface area contributed by atoms with Gasteiger partial charge in [0.05, 0.1) is 12.4 Å². The van der Waals surface area contributed by atoms with Crippen LogP contribution in [0.3, 0.4) is 0 Å². The summed E-state index contributed by atoms with van der Waals surface area (Å²) in [5.41, 5.74) is 0. The van der Waals surface area contributed by atoms with E-state index in [9.17, 15) is 0 Å². The summed E-state index contributed by atoms with van der Waals surface area (Å²) < 4.78 is 22.1. The van der Waals surface area contributed by atoms with Crippen LogP contribution in [0.2, 0.25) is 0 Å². The molecule has 0 rings (SSSR count). The van der Waals surface area contributed by atoms with Gasteiger partial charge in [0, 0.05) is 27.2 Å². The molecule has 0 fully saturated rings. The third-order valence-corrected chi connectivity index (χ3v) is 4.07. The lowest BCUT2D eigenvalue weighted by molar-refractivity contribution is -0.380. The number of rotatable bonds is 15. The molecule has 4 heteroatoms. The number of unbranched alkanes of at least 4 members (excludes halogenated alkanes) is 5. The second-order valence-corrected chi connectivity index (χ2v) is 5.81. The van der Waals surface area contributed by atoms with Crippen LogP contribution in [0.15, 0.2) is 12.3 Å². The first-order valence-corrected chi connectivity index (χ1v) is 8.50. The Morgan fingerprint density at radius 1 is 0.909 bits per heavy atom. The minimum Gasteiger partial charge on any atom is -0.499 e. The summed E-state index contributed by atoms with van der Waals surface area (Å²) in [5, 5.41) is 0. The monoisotopic (exact) mass is 316 g/mol. The van der Waals surface area contributed by atoms with Gasteiger partial charge in [0.15, 0.2) is 0 Å². The van der Waals surface area contributed by atoms with Gasteiger partial charge in [-0.2, -0.15) is 0 Å². The van der Waals surface area contributed by atoms with Crippen LogP contribution in [0.5, 0.6) is 0 Å². The van der Waals surface area contributed by atoms with Gasteiger partial charge in [-0.15, -0.1) is 0 Å². The van der Waals surface area contributed by atoms with Gasteiger partial charge >= 0.3 is 0 Å². The van der Waals surface area contributed by atoms with Crippen LogP contribution in [-0.2, 0) is 18.9 Å². The Balaban J connectivity index is 4.41. The fourth-order valence-electron chi connectivity index (χ4n) is 2.79. The van der Waals surface area contributed by atoms with E-state index in [4.69, 9.17) is 18.9 Å². The Labute approximate surface area is 137 Å². The van der Waals surface area contributed by atoms with Crippen molar-refractivity contribution < 1.29 is 18.9 Å². The Hall–Kier alpha value is -0.580. The van der Waals surface area contributed by atoms with E-state index in [-0.39, 0.29) is 5.92 Å². The molecule has 0 spiro atoms. The molecule has 1 unspecified atom stereocenters. The first-order chi connectivity index (χ1) is 10.6. The number of hydrogen-bond donors (Lipinski definition) is 0. The maximum atomic E-state index is 5.53. The maximum absolute atomic E-state index is 5.53. The lowest BCUT2D eigenvalue weighted by Crippen LogP contribution is -2.44. The van der Waals surface area contributed by atoms with E-state index in [2.05, 4.69) is 13.5 Å². The van der Waals surface area contributed by atoms with Crippen LogP contribution in [0.4, 0.5) is 0 Å². The summed E-state index contributed by atoms with van der Waals surface area (Å²) in [6.45, 7) is 8.47. The topological polar surface area (TPSA) is 36.9 Å². The molecule has 0 heterocycles. The van der Waals surface area contributed by atoms with Crippen LogP contribution in [0.1, 0.15) is 65.2 Å². The van der Waals surface area contributed by atoms with Crippen LogP contribution < -0.4 is 0 Å². The van der Waals surface area contributed by atoms with Gasteiger partial charge in [0.2, 0.25) is 0 Å². The number of ether oxygens (including phenoxy) is 4. The lowest BCUT2D eigenvalue weighted by Gasteiger charge is -2.36. The van der Waals surface area contributed by atoms with Crippen molar-refractivity contribution in [3.8, 4) is 0 Å². The Morgan fingerprint density at radius 2 is 1.45 bits per heavy atom. The Morgan fingerprint density at radius 3 is 1.95 bits per heavy atom. The summed E-state index contributed by atoms with van der Waals surface area (Å²) in [7, 11) is 4.88. The van der Waals surface area contributed by atoms with Crippen molar-refractivity contribution in [1.29, 1.82) is 0 Å². The predicted octanol–water partition coefficient (Wildman–Crippen LogP) is 4.89. The summed E-state index contributed by atoms with van der Waals surface area (Å²) >= 11 is 0. The van der Waals surface area contributed by atoms with Crippen molar-refractivity contribution in [3.63, 3.8) is 0 Å². The quantitative estimate of drug-likeness (QED) is 0.245. The van der Waals surface area contributed by atoms with Gasteiger partial charge < -0.3 is 18.9 Å². The van der Waals surface area contributed by atoms with Gasteiger partial charge in [0.1, 0.15) is 0 Å². The molecule has 132 valence electrons. The smallest absolute Gasteiger partial charge is 0.285 e. The maximum Gasteiger partial charge on any atom is 0.285 e. The van der Waals surface area contributed by atoms with E-state index >= 15 is 0 Å². The molecule has 0 aliphatic carbocycles. The highest BCUT2D eigenvalue weighted by Gasteiger charge is 2.39. The number of hydrogen-bond acceptors (Lipinski definition) is 4. The first kappa shape index (κ1) is 21.4. The molecule has 0 aliphatic heterocycles. The molecular formula is C18H36O4. The van der Waals surface area contributed by atoms with Crippen LogP contribution in [0.25, 0.3) is 0 Å². The average Bonchev–Trinajstić information content (AvgIpc) is 2.51. The molecule has 1 atom stereocenters. The fourth-order valence-corrected chi connectivity index (χ4v) is 2.79. The second-order valence-electron chi connectivity index (χ2n) is 5.81. The third kappa shape index (κ3) is 8.16. The fraction of sp³-hybridized carbons (Fsp3) is 0.889. The molecule has 0 amide bonds. The van der Waals surface area contributed by atoms with E-state index in [1.54, 1.807) is 21.3 Å². The Bertz CT molecular complexity index is 266. The van der Waals surface area contributed by atoms with Crippen LogP contribution in [-0.4, -0.2) is 33.9 Å². The van der Waals surface area contributed by atoms with Crippen molar-refractivity contribution in [3.05, 3.63) is 12.3 Å². The molecule has 0 radical (unpaired) electrons. The molecule has 0 aliphatic rings. The third-order valence-electron chi connectivity index (χ3n) is 4.07. The van der Waals surface area contributed by atoms with Crippen molar-refractivity contribution in [1.82, 2.24) is 0 Å². The average molecular weight is 316 g/mol. The summed E-state index contributed by atoms with van der Waals surface area (Å²) in [4.78, 5) is 0. The Kier molecular flexibility index (Phi) is 12.6. The van der Waals surface area contributed by atoms with E-state index in [1.165, 1.54) is 32.1 Å². The summed E-state index contributed by atoms with van der Waals surface area (Å²) in [5.74, 6) is -0.115. The van der Waals surface area contributed by atoms with E-state index in [0.717, 1.165) is 25.0 Å². The molecular weight excluding hydrogens is 280 g/mol. The summed E-state index contributed by atoms with van der Waals surface area (Å²) in [6, 6.07) is 0. The SMILES string of the molecule is C=C(C)OCCC(CCCCCCCC)C(OC)(OC)OC. The molecule has 4 nitrogen and oxygen atoms in total. The van der Waals surface area contributed by atoms with Gasteiger partial charge in [0.25, 0.3) is 5.97 Å². The zero-order valence-electron chi connectivity index (χ0n) is 15.3. The first-order valence-electron chi connectivity index (χ1n) is 8.50. The molecule has 0 bridgehead atoms. The van der Waals surface area contributed by atoms with Crippen molar-refractivity contribution in [2.75, 3.05) is 27.9 Å². The number of methoxy groups -OCH3 is 3. The lowest BCUT2D eigenvalue weighted by atomic mass is 9.94. The second kappa shape index (κ2) is 12.9. The van der Waals surface area contributed by atoms with E-state index in [1.807, 2.05) is 6.92 Å². The van der Waals surface area contributed by atoms with Gasteiger partial charge in [-0.3, -0.25) is 0 Å². The molecule has 0 saturated heterocycles. The molecule has 0 aromatic rings. The van der Waals surface area contributed by atoms with E-state index < -0.39 is 5.97 Å². The molecule has 0 aromatic heterocycles. The standard InChI is InChI=1S/C18H36O4/c1-7-8-9-10-11-12-13-17(14-15-22-16(2)3)18(19-4,20-5)21-6/h17H,2,7-15H2,1,3-6H3. The number of allylic oxidation sites excluding steroid dienone is 1. The van der Waals surface area contributed by atoms with Crippen molar-refractivity contribution in [2.45, 2.75) is 71.2 Å². The highest BCUT2D eigenvalue weighted by atomic mass is 16.9. The van der Waals surface area contributed by atoms with Crippen LogP contribution in [0, 0.1) is 5.92 Å². The summed E-state index contributed by atoms with van der Waals surface area (Å²) in [6.07, 6.45) is 9.44. The van der Waals surface area contributed by atoms with Crippen LogP contribution >= 0.6 is 0 Å². The van der Waals surface area contributed by atoms with Crippen molar-refractivity contribution >= 4 is 0 Å². The van der Waals surface area contributed by atoms with Gasteiger partial charge in [-0.05, 0) is 19.8 Å². The zero-order chi connectivity index (χ0) is 16.8. The molecule has 0 aromatic carbocycles. The van der Waals surface area contributed by atoms with Gasteiger partial charge in [-0.1, -0.05) is 52.0 Å². The predicted molar refractivity (Wildman–Crippen MR) is 90.6 cm³/mol. The largest absolute Gasteiger partial charge is 0.499 e. The highest BCUT2D eigenvalue weighted by molar-refractivity contribution is 4.76. The van der Waals surface area contributed by atoms with Gasteiger partial charge in [-0.25, -0.2) is 0 Å². The molecule has 0 saturated carbocycles.